The Balaban J connectivity index is 1.17. The largest absolute Gasteiger partial charge is 0.310 e. The minimum absolute atomic E-state index is 0.0784. The fraction of sp³-hybridized carbons (Fsp3) is 0.111. The van der Waals surface area contributed by atoms with E-state index in [4.69, 9.17) is 0 Å². The molecule has 0 N–H and O–H groups in total. The van der Waals surface area contributed by atoms with Gasteiger partial charge < -0.3 is 9.47 Å². The monoisotopic (exact) mass is 718 g/mol. The van der Waals surface area contributed by atoms with Gasteiger partial charge in [0.2, 0.25) is 0 Å². The Kier molecular flexibility index (Phi) is 6.98. The highest BCUT2D eigenvalue weighted by molar-refractivity contribution is 6.18. The van der Waals surface area contributed by atoms with Crippen LogP contribution in [0.4, 0.5) is 17.1 Å². The maximum Gasteiger partial charge on any atom is 0.0562 e. The van der Waals surface area contributed by atoms with Crippen molar-refractivity contribution in [3.63, 3.8) is 0 Å². The lowest BCUT2D eigenvalue weighted by Gasteiger charge is -2.28. The first-order chi connectivity index (χ1) is 27.3. The molecular weight excluding hydrogens is 677 g/mol. The van der Waals surface area contributed by atoms with Gasteiger partial charge in [0.15, 0.2) is 0 Å². The highest BCUT2D eigenvalue weighted by atomic mass is 15.1. The van der Waals surface area contributed by atoms with E-state index in [0.29, 0.717) is 0 Å². The summed E-state index contributed by atoms with van der Waals surface area (Å²) < 4.78 is 2.47. The normalized spacial score (nSPS) is 14.4. The summed E-state index contributed by atoms with van der Waals surface area (Å²) in [4.78, 5) is 2.45. The summed E-state index contributed by atoms with van der Waals surface area (Å²) in [7, 11) is 0. The van der Waals surface area contributed by atoms with Crippen LogP contribution in [-0.2, 0) is 10.8 Å². The number of anilines is 3. The summed E-state index contributed by atoms with van der Waals surface area (Å²) in [5.74, 6) is 0. The molecule has 0 saturated carbocycles. The van der Waals surface area contributed by atoms with E-state index in [9.17, 15) is 0 Å². The Bertz CT molecular complexity index is 3000. The van der Waals surface area contributed by atoms with E-state index in [-0.39, 0.29) is 10.8 Å². The molecule has 2 nitrogen and oxygen atoms in total. The van der Waals surface area contributed by atoms with Crippen molar-refractivity contribution in [2.45, 2.75) is 38.5 Å². The number of aromatic nitrogens is 1. The molecule has 0 bridgehead atoms. The van der Waals surface area contributed by atoms with E-state index in [2.05, 4.69) is 219 Å². The zero-order chi connectivity index (χ0) is 37.8. The van der Waals surface area contributed by atoms with Gasteiger partial charge in [-0.05, 0) is 110 Å². The van der Waals surface area contributed by atoms with Crippen molar-refractivity contribution < 1.29 is 0 Å². The Morgan fingerprint density at radius 1 is 0.393 bits per heavy atom. The van der Waals surface area contributed by atoms with Crippen LogP contribution in [0.2, 0.25) is 0 Å². The predicted molar refractivity (Wildman–Crippen MR) is 236 cm³/mol. The number of para-hydroxylation sites is 1. The molecule has 11 rings (SSSR count). The highest BCUT2D eigenvalue weighted by Gasteiger charge is 2.38. The third-order valence-electron chi connectivity index (χ3n) is 12.8. The van der Waals surface area contributed by atoms with Gasteiger partial charge in [0.1, 0.15) is 0 Å². The van der Waals surface area contributed by atoms with Gasteiger partial charge in [-0.3, -0.25) is 0 Å². The van der Waals surface area contributed by atoms with Crippen molar-refractivity contribution in [3.05, 3.63) is 204 Å². The number of rotatable bonds is 5. The van der Waals surface area contributed by atoms with Crippen molar-refractivity contribution >= 4 is 38.9 Å². The number of hydrogen-bond acceptors (Lipinski definition) is 1. The van der Waals surface area contributed by atoms with Crippen molar-refractivity contribution in [3.8, 4) is 39.1 Å². The van der Waals surface area contributed by atoms with Crippen LogP contribution in [0, 0.1) is 0 Å². The van der Waals surface area contributed by atoms with Crippen molar-refractivity contribution in [1.82, 2.24) is 4.57 Å². The molecule has 1 heterocycles. The molecule has 0 fully saturated rings. The fourth-order valence-electron chi connectivity index (χ4n) is 10.00. The zero-order valence-corrected chi connectivity index (χ0v) is 32.2. The molecule has 0 radical (unpaired) electrons. The average Bonchev–Trinajstić information content (AvgIpc) is 3.78. The molecule has 1 aromatic heterocycles. The topological polar surface area (TPSA) is 8.17 Å². The minimum Gasteiger partial charge on any atom is -0.310 e. The second kappa shape index (κ2) is 11.9. The third-order valence-corrected chi connectivity index (χ3v) is 12.8. The van der Waals surface area contributed by atoms with Crippen LogP contribution in [0.5, 0.6) is 0 Å². The van der Waals surface area contributed by atoms with Gasteiger partial charge >= 0.3 is 0 Å². The molecule has 9 aromatic rings. The Morgan fingerprint density at radius 3 is 1.70 bits per heavy atom. The summed E-state index contributed by atoms with van der Waals surface area (Å²) in [5.41, 5.74) is 20.1. The molecule has 0 unspecified atom stereocenters. The SMILES string of the molecule is CC1(C)c2ccccc2-c2ccc(N(c3ccc(-c4ccccc4)cc3)c3ccc4c5c6c(ccc5n(-c5ccccc5)c4c3)C(C)(C)c3ccccc3-6)cc21. The lowest BCUT2D eigenvalue weighted by Crippen LogP contribution is -2.16. The maximum atomic E-state index is 2.47. The van der Waals surface area contributed by atoms with Gasteiger partial charge in [-0.25, -0.2) is 0 Å². The molecule has 2 aliphatic carbocycles. The van der Waals surface area contributed by atoms with E-state index < -0.39 is 0 Å². The lowest BCUT2D eigenvalue weighted by atomic mass is 9.82. The fourth-order valence-corrected chi connectivity index (χ4v) is 10.00. The molecular formula is C54H42N2. The summed E-state index contributed by atoms with van der Waals surface area (Å²) in [6.07, 6.45) is 0. The molecule has 268 valence electrons. The first kappa shape index (κ1) is 32.8. The van der Waals surface area contributed by atoms with Crippen LogP contribution >= 0.6 is 0 Å². The van der Waals surface area contributed by atoms with Crippen LogP contribution in [0.15, 0.2) is 182 Å². The van der Waals surface area contributed by atoms with Gasteiger partial charge in [0, 0.05) is 44.4 Å². The minimum atomic E-state index is -0.112. The summed E-state index contributed by atoms with van der Waals surface area (Å²) >= 11 is 0. The zero-order valence-electron chi connectivity index (χ0n) is 32.2. The first-order valence-corrected chi connectivity index (χ1v) is 19.8. The number of hydrogen-bond donors (Lipinski definition) is 0. The molecule has 0 amide bonds. The molecule has 2 aliphatic rings. The summed E-state index contributed by atoms with van der Waals surface area (Å²) in [5, 5.41) is 2.59. The van der Waals surface area contributed by atoms with Crippen molar-refractivity contribution in [1.29, 1.82) is 0 Å². The van der Waals surface area contributed by atoms with E-state index in [0.717, 1.165) is 22.7 Å². The summed E-state index contributed by atoms with van der Waals surface area (Å²) in [6, 6.07) is 67.4. The van der Waals surface area contributed by atoms with E-state index in [1.54, 1.807) is 0 Å². The number of benzene rings is 8. The quantitative estimate of drug-likeness (QED) is 0.172. The first-order valence-electron chi connectivity index (χ1n) is 19.8. The van der Waals surface area contributed by atoms with E-state index >= 15 is 0 Å². The molecule has 0 saturated heterocycles. The van der Waals surface area contributed by atoms with Gasteiger partial charge in [-0.2, -0.15) is 0 Å². The standard InChI is InChI=1S/C54H42N2/c1-53(2)46-22-14-12-20-43(46)51-47(53)31-32-49-52(51)44-30-28-40(34-50(44)56(49)37-17-9-6-10-18-37)55(38-25-23-36(24-26-38)35-15-7-5-8-16-35)39-27-29-42-41-19-11-13-21-45(41)54(3,4)48(42)33-39/h5-34H,1-4H3. The van der Waals surface area contributed by atoms with Crippen LogP contribution in [0.3, 0.4) is 0 Å². The van der Waals surface area contributed by atoms with Gasteiger partial charge in [0.25, 0.3) is 0 Å². The van der Waals surface area contributed by atoms with Crippen LogP contribution in [0.1, 0.15) is 49.9 Å². The predicted octanol–water partition coefficient (Wildman–Crippen LogP) is 14.5. The van der Waals surface area contributed by atoms with E-state index in [1.165, 1.54) is 77.4 Å². The van der Waals surface area contributed by atoms with Crippen LogP contribution < -0.4 is 4.90 Å². The summed E-state index contributed by atoms with van der Waals surface area (Å²) in [6.45, 7) is 9.47. The molecule has 0 spiro atoms. The Hall–Kier alpha value is -6.64. The smallest absolute Gasteiger partial charge is 0.0562 e. The molecule has 56 heavy (non-hydrogen) atoms. The number of fused-ring (bicyclic) bond motifs is 10. The third kappa shape index (κ3) is 4.62. The van der Waals surface area contributed by atoms with Gasteiger partial charge in [0.05, 0.1) is 11.0 Å². The number of nitrogens with zero attached hydrogens (tertiary/aromatic N) is 2. The lowest BCUT2D eigenvalue weighted by molar-refractivity contribution is 0.660. The van der Waals surface area contributed by atoms with Crippen LogP contribution in [0.25, 0.3) is 60.9 Å². The average molecular weight is 719 g/mol. The Labute approximate surface area is 328 Å². The Morgan fingerprint density at radius 2 is 0.946 bits per heavy atom. The molecule has 2 heteroatoms. The van der Waals surface area contributed by atoms with E-state index in [1.807, 2.05) is 0 Å². The van der Waals surface area contributed by atoms with Gasteiger partial charge in [-0.1, -0.05) is 155 Å². The van der Waals surface area contributed by atoms with Crippen LogP contribution in [-0.4, -0.2) is 4.57 Å². The molecule has 0 atom stereocenters. The van der Waals surface area contributed by atoms with Gasteiger partial charge in [-0.15, -0.1) is 0 Å². The second-order valence-electron chi connectivity index (χ2n) is 16.6. The molecule has 0 aliphatic heterocycles. The van der Waals surface area contributed by atoms with Crippen molar-refractivity contribution in [2.24, 2.45) is 0 Å². The molecule has 8 aromatic carbocycles. The highest BCUT2D eigenvalue weighted by Crippen LogP contribution is 2.54. The maximum absolute atomic E-state index is 2.47. The van der Waals surface area contributed by atoms with Crippen molar-refractivity contribution in [2.75, 3.05) is 4.90 Å². The second-order valence-corrected chi connectivity index (χ2v) is 16.6.